The van der Waals surface area contributed by atoms with Gasteiger partial charge in [0.05, 0.1) is 11.1 Å². The summed E-state index contributed by atoms with van der Waals surface area (Å²) < 4.78 is 104. The summed E-state index contributed by atoms with van der Waals surface area (Å²) >= 11 is 0. The Kier molecular flexibility index (Phi) is 5.58. The van der Waals surface area contributed by atoms with Crippen molar-refractivity contribution in [2.24, 2.45) is 0 Å². The van der Waals surface area contributed by atoms with Gasteiger partial charge in [-0.15, -0.1) is 0 Å². The van der Waals surface area contributed by atoms with Crippen molar-refractivity contribution >= 4 is 17.9 Å². The van der Waals surface area contributed by atoms with Crippen LogP contribution < -0.4 is 0 Å². The molecule has 1 nitrogen and oxygen atoms in total. The van der Waals surface area contributed by atoms with E-state index in [4.69, 9.17) is 0 Å². The summed E-state index contributed by atoms with van der Waals surface area (Å²) in [6.07, 6.45) is -6.93. The predicted octanol–water partition coefficient (Wildman–Crippen LogP) is 6.83. The van der Waals surface area contributed by atoms with Crippen molar-refractivity contribution in [1.29, 1.82) is 0 Å². The van der Waals surface area contributed by atoms with Gasteiger partial charge in [-0.25, -0.2) is 8.78 Å². The van der Waals surface area contributed by atoms with Crippen molar-refractivity contribution in [3.8, 4) is 0 Å². The van der Waals surface area contributed by atoms with E-state index in [0.29, 0.717) is 24.3 Å². The lowest BCUT2D eigenvalue weighted by atomic mass is 10.0. The van der Waals surface area contributed by atoms with E-state index in [1.54, 1.807) is 0 Å². The van der Waals surface area contributed by atoms with Crippen LogP contribution in [0.1, 0.15) is 35.1 Å². The maximum absolute atomic E-state index is 14.0. The molecule has 0 N–H and O–H groups in total. The zero-order valence-corrected chi connectivity index (χ0v) is 15.0. The molecule has 0 heterocycles. The van der Waals surface area contributed by atoms with Crippen molar-refractivity contribution in [2.75, 3.05) is 0 Å². The zero-order valence-electron chi connectivity index (χ0n) is 15.0. The molecule has 0 saturated heterocycles. The minimum atomic E-state index is -4.71. The molecule has 0 spiro atoms. The quantitative estimate of drug-likeness (QED) is 0.376. The molecule has 0 radical (unpaired) electrons. The Hall–Kier alpha value is -2.97. The van der Waals surface area contributed by atoms with Crippen molar-refractivity contribution in [3.63, 3.8) is 0 Å². The van der Waals surface area contributed by atoms with E-state index in [0.717, 1.165) is 24.3 Å². The molecule has 1 saturated carbocycles. The zero-order chi connectivity index (χ0) is 22.3. The third-order valence-corrected chi connectivity index (χ3v) is 4.56. The summed E-state index contributed by atoms with van der Waals surface area (Å²) in [4.78, 5) is 12.4. The molecule has 1 fully saturated rings. The molecular formula is C21H12F8O. The number of hydrogen-bond donors (Lipinski definition) is 0. The minimum Gasteiger partial charge on any atom is -0.289 e. The molecule has 0 amide bonds. The van der Waals surface area contributed by atoms with Gasteiger partial charge < -0.3 is 0 Å². The van der Waals surface area contributed by atoms with E-state index >= 15 is 0 Å². The Morgan fingerprint density at radius 3 is 1.33 bits per heavy atom. The predicted molar refractivity (Wildman–Crippen MR) is 93.0 cm³/mol. The number of ketones is 1. The molecular weight excluding hydrogens is 420 g/mol. The standard InChI is InChI=1S/C21H12F8O/c22-17-9-15(20(24,25)26)5-3-11(17)7-13-1-2-14(19(13)30)8-12-4-6-16(10-18(12)23)21(27,28)29/h3-10H,1-2H2/b13-7+,14-8+. The van der Waals surface area contributed by atoms with Crippen molar-refractivity contribution in [1.82, 2.24) is 0 Å². The number of hydrogen-bond acceptors (Lipinski definition) is 1. The van der Waals surface area contributed by atoms with Crippen LogP contribution in [0.3, 0.4) is 0 Å². The van der Waals surface area contributed by atoms with Gasteiger partial charge in [0.15, 0.2) is 5.78 Å². The fourth-order valence-electron chi connectivity index (χ4n) is 2.99. The average molecular weight is 432 g/mol. The summed E-state index contributed by atoms with van der Waals surface area (Å²) in [5.74, 6) is -2.89. The van der Waals surface area contributed by atoms with Gasteiger partial charge in [0.2, 0.25) is 0 Å². The number of allylic oxidation sites excluding steroid dienone is 2. The lowest BCUT2D eigenvalue weighted by Crippen LogP contribution is -2.06. The average Bonchev–Trinajstić information content (AvgIpc) is 2.96. The van der Waals surface area contributed by atoms with Crippen LogP contribution in [0.2, 0.25) is 0 Å². The van der Waals surface area contributed by atoms with E-state index in [9.17, 15) is 39.9 Å². The Balaban J connectivity index is 1.86. The molecule has 1 aliphatic carbocycles. The van der Waals surface area contributed by atoms with E-state index < -0.39 is 40.9 Å². The maximum Gasteiger partial charge on any atom is 0.416 e. The van der Waals surface area contributed by atoms with Gasteiger partial charge >= 0.3 is 12.4 Å². The summed E-state index contributed by atoms with van der Waals surface area (Å²) in [6, 6.07) is 3.80. The Bertz CT molecular complexity index is 974. The molecule has 3 rings (SSSR count). The van der Waals surface area contributed by atoms with E-state index in [1.165, 1.54) is 0 Å². The van der Waals surface area contributed by atoms with Crippen LogP contribution in [0.25, 0.3) is 12.2 Å². The number of carbonyl (C=O) groups is 1. The Morgan fingerprint density at radius 1 is 0.667 bits per heavy atom. The van der Waals surface area contributed by atoms with Crippen LogP contribution in [0.15, 0.2) is 47.5 Å². The summed E-state index contributed by atoms with van der Waals surface area (Å²) in [5, 5.41) is 0. The SMILES string of the molecule is O=C1/C(=C/c2ccc(C(F)(F)F)cc2F)CC/C1=C\c1ccc(C(F)(F)F)cc1F. The van der Waals surface area contributed by atoms with Gasteiger partial charge in [-0.05, 0) is 49.3 Å². The number of halogens is 8. The molecule has 2 aromatic rings. The van der Waals surface area contributed by atoms with Gasteiger partial charge in [0.25, 0.3) is 0 Å². The summed E-state index contributed by atoms with van der Waals surface area (Å²) in [5.41, 5.74) is -2.56. The first-order chi connectivity index (χ1) is 13.9. The molecule has 0 bridgehead atoms. The highest BCUT2D eigenvalue weighted by Gasteiger charge is 2.32. The molecule has 2 aromatic carbocycles. The van der Waals surface area contributed by atoms with Gasteiger partial charge in [-0.3, -0.25) is 4.79 Å². The number of Topliss-reactive ketones (excluding diaryl/α,β-unsaturated/α-hetero) is 1. The molecule has 0 aliphatic heterocycles. The van der Waals surface area contributed by atoms with Crippen molar-refractivity contribution in [2.45, 2.75) is 25.2 Å². The van der Waals surface area contributed by atoms with Crippen LogP contribution in [0, 0.1) is 11.6 Å². The van der Waals surface area contributed by atoms with E-state index in [1.807, 2.05) is 0 Å². The first-order valence-corrected chi connectivity index (χ1v) is 8.55. The highest BCUT2D eigenvalue weighted by Crippen LogP contribution is 2.34. The maximum atomic E-state index is 14.0. The van der Waals surface area contributed by atoms with Crippen molar-refractivity contribution < 1.29 is 39.9 Å². The van der Waals surface area contributed by atoms with Crippen molar-refractivity contribution in [3.05, 3.63) is 81.4 Å². The molecule has 0 unspecified atom stereocenters. The summed E-state index contributed by atoms with van der Waals surface area (Å²) in [6.45, 7) is 0. The third kappa shape index (κ3) is 4.60. The first kappa shape index (κ1) is 21.7. The molecule has 9 heteroatoms. The van der Waals surface area contributed by atoms with Gasteiger partial charge in [-0.1, -0.05) is 12.1 Å². The van der Waals surface area contributed by atoms with Crippen LogP contribution in [0.4, 0.5) is 35.1 Å². The Labute approximate surface area is 165 Å². The molecule has 1 aliphatic rings. The second kappa shape index (κ2) is 7.70. The fraction of sp³-hybridized carbons (Fsp3) is 0.190. The normalized spacial score (nSPS) is 17.9. The Morgan fingerprint density at radius 2 is 1.03 bits per heavy atom. The van der Waals surface area contributed by atoms with Gasteiger partial charge in [0.1, 0.15) is 11.6 Å². The lowest BCUT2D eigenvalue weighted by Gasteiger charge is -2.08. The highest BCUT2D eigenvalue weighted by atomic mass is 19.4. The van der Waals surface area contributed by atoms with Crippen LogP contribution >= 0.6 is 0 Å². The monoisotopic (exact) mass is 432 g/mol. The molecule has 0 aromatic heterocycles. The van der Waals surface area contributed by atoms with Crippen LogP contribution in [0.5, 0.6) is 0 Å². The third-order valence-electron chi connectivity index (χ3n) is 4.56. The number of rotatable bonds is 2. The second-order valence-electron chi connectivity index (χ2n) is 6.64. The first-order valence-electron chi connectivity index (χ1n) is 8.55. The van der Waals surface area contributed by atoms with Crippen LogP contribution in [-0.4, -0.2) is 5.78 Å². The largest absolute Gasteiger partial charge is 0.416 e. The number of alkyl halides is 6. The fourth-order valence-corrected chi connectivity index (χ4v) is 2.99. The van der Waals surface area contributed by atoms with E-state index in [-0.39, 0.29) is 35.1 Å². The van der Waals surface area contributed by atoms with Crippen LogP contribution in [-0.2, 0) is 17.1 Å². The number of carbonyl (C=O) groups excluding carboxylic acids is 1. The highest BCUT2D eigenvalue weighted by molar-refractivity contribution is 6.15. The number of benzene rings is 2. The smallest absolute Gasteiger partial charge is 0.289 e. The molecule has 158 valence electrons. The van der Waals surface area contributed by atoms with Gasteiger partial charge in [-0.2, -0.15) is 26.3 Å². The van der Waals surface area contributed by atoms with E-state index in [2.05, 4.69) is 0 Å². The topological polar surface area (TPSA) is 17.1 Å². The minimum absolute atomic E-state index is 0.104. The second-order valence-corrected chi connectivity index (χ2v) is 6.64. The molecule has 0 atom stereocenters. The lowest BCUT2D eigenvalue weighted by molar-refractivity contribution is -0.138. The molecule has 30 heavy (non-hydrogen) atoms. The summed E-state index contributed by atoms with van der Waals surface area (Å²) in [7, 11) is 0. The van der Waals surface area contributed by atoms with Gasteiger partial charge in [0, 0.05) is 22.3 Å².